The number of hydrogen-bond acceptors (Lipinski definition) is 6. The van der Waals surface area contributed by atoms with Gasteiger partial charge in [-0.3, -0.25) is 4.79 Å². The maximum atomic E-state index is 12.0. The van der Waals surface area contributed by atoms with Crippen LogP contribution in [0.15, 0.2) is 40.6 Å². The molecule has 0 saturated carbocycles. The number of nitrogens with one attached hydrogen (secondary N) is 1. The number of sulfonamides is 1. The Labute approximate surface area is 132 Å². The van der Waals surface area contributed by atoms with Gasteiger partial charge in [-0.2, -0.15) is 0 Å². The lowest BCUT2D eigenvalue weighted by atomic mass is 10.3. The van der Waals surface area contributed by atoms with Crippen LogP contribution >= 0.6 is 11.3 Å². The third-order valence-electron chi connectivity index (χ3n) is 2.64. The van der Waals surface area contributed by atoms with Crippen LogP contribution in [0.4, 0.5) is 0 Å². The summed E-state index contributed by atoms with van der Waals surface area (Å²) < 4.78 is 36.3. The molecule has 22 heavy (non-hydrogen) atoms. The van der Waals surface area contributed by atoms with Gasteiger partial charge in [-0.05, 0) is 31.2 Å². The fourth-order valence-electron chi connectivity index (χ4n) is 1.63. The van der Waals surface area contributed by atoms with E-state index >= 15 is 0 Å². The molecule has 0 aliphatic rings. The van der Waals surface area contributed by atoms with Crippen LogP contribution in [0.3, 0.4) is 0 Å². The Morgan fingerprint density at radius 3 is 2.59 bits per heavy atom. The van der Waals surface area contributed by atoms with Crippen molar-refractivity contribution in [3.63, 3.8) is 0 Å². The highest BCUT2D eigenvalue weighted by molar-refractivity contribution is 7.92. The number of thiophene rings is 1. The summed E-state index contributed by atoms with van der Waals surface area (Å²) in [7, 11) is -2.33. The van der Waals surface area contributed by atoms with E-state index in [1.54, 1.807) is 37.3 Å². The number of carbonyl (C=O) groups excluding carboxylic acids is 1. The first-order valence-corrected chi connectivity index (χ1v) is 8.59. The molecule has 0 aliphatic carbocycles. The van der Waals surface area contributed by atoms with Crippen LogP contribution < -0.4 is 14.2 Å². The average Bonchev–Trinajstić information content (AvgIpc) is 2.92. The molecule has 0 unspecified atom stereocenters. The summed E-state index contributed by atoms with van der Waals surface area (Å²) in [5.41, 5.74) is 0. The molecule has 118 valence electrons. The summed E-state index contributed by atoms with van der Waals surface area (Å²) in [4.78, 5) is 12.6. The van der Waals surface area contributed by atoms with Crippen molar-refractivity contribution in [1.82, 2.24) is 4.72 Å². The quantitative estimate of drug-likeness (QED) is 0.868. The lowest BCUT2D eigenvalue weighted by molar-refractivity contribution is -0.121. The number of carbonyl (C=O) groups is 1. The van der Waals surface area contributed by atoms with Crippen LogP contribution in [0, 0.1) is 6.92 Å². The van der Waals surface area contributed by atoms with Gasteiger partial charge in [0.15, 0.2) is 6.61 Å². The summed E-state index contributed by atoms with van der Waals surface area (Å²) in [5.74, 6) is 0.257. The van der Waals surface area contributed by atoms with Gasteiger partial charge in [0.05, 0.1) is 7.11 Å². The fraction of sp³-hybridized carbons (Fsp3) is 0.214. The van der Waals surface area contributed by atoms with Crippen LogP contribution in [0.5, 0.6) is 11.5 Å². The van der Waals surface area contributed by atoms with E-state index in [1.807, 2.05) is 4.72 Å². The second-order valence-electron chi connectivity index (χ2n) is 4.36. The maximum absolute atomic E-state index is 12.0. The molecule has 8 heteroatoms. The number of methoxy groups -OCH3 is 1. The van der Waals surface area contributed by atoms with Crippen molar-refractivity contribution in [2.75, 3.05) is 13.7 Å². The van der Waals surface area contributed by atoms with Gasteiger partial charge in [0, 0.05) is 10.9 Å². The Morgan fingerprint density at radius 1 is 1.23 bits per heavy atom. The Bertz CT molecular complexity index is 767. The van der Waals surface area contributed by atoms with E-state index < -0.39 is 22.5 Å². The molecule has 0 fully saturated rings. The summed E-state index contributed by atoms with van der Waals surface area (Å²) in [6.07, 6.45) is 0. The Morgan fingerprint density at radius 2 is 1.95 bits per heavy atom. The molecule has 0 atom stereocenters. The SMILES string of the molecule is COc1cccc(OCC(=O)NS(=O)(=O)c2ccc(C)s2)c1. The van der Waals surface area contributed by atoms with E-state index in [9.17, 15) is 13.2 Å². The first-order chi connectivity index (χ1) is 10.4. The maximum Gasteiger partial charge on any atom is 0.273 e. The molecule has 0 saturated heterocycles. The highest BCUT2D eigenvalue weighted by Crippen LogP contribution is 2.21. The molecular formula is C14H15NO5S2. The second-order valence-corrected chi connectivity index (χ2v) is 7.56. The van der Waals surface area contributed by atoms with Gasteiger partial charge < -0.3 is 9.47 Å². The van der Waals surface area contributed by atoms with Crippen molar-refractivity contribution in [2.45, 2.75) is 11.1 Å². The van der Waals surface area contributed by atoms with Gasteiger partial charge in [0.25, 0.3) is 15.9 Å². The summed E-state index contributed by atoms with van der Waals surface area (Å²) >= 11 is 1.10. The number of aryl methyl sites for hydroxylation is 1. The molecule has 1 aromatic heterocycles. The van der Waals surface area contributed by atoms with Gasteiger partial charge in [-0.25, -0.2) is 13.1 Å². The fourth-order valence-corrected chi connectivity index (χ4v) is 3.88. The van der Waals surface area contributed by atoms with Crippen molar-refractivity contribution in [2.24, 2.45) is 0 Å². The Hall–Kier alpha value is -2.06. The summed E-state index contributed by atoms with van der Waals surface area (Å²) in [5, 5.41) is 0. The lowest BCUT2D eigenvalue weighted by Crippen LogP contribution is -2.34. The normalized spacial score (nSPS) is 11.0. The number of rotatable bonds is 6. The van der Waals surface area contributed by atoms with E-state index in [2.05, 4.69) is 0 Å². The van der Waals surface area contributed by atoms with E-state index in [-0.39, 0.29) is 4.21 Å². The van der Waals surface area contributed by atoms with Crippen LogP contribution in [0.2, 0.25) is 0 Å². The van der Waals surface area contributed by atoms with Gasteiger partial charge in [-0.1, -0.05) is 6.07 Å². The first kappa shape index (κ1) is 16.3. The molecular weight excluding hydrogens is 326 g/mol. The largest absolute Gasteiger partial charge is 0.497 e. The van der Waals surface area contributed by atoms with Gasteiger partial charge in [0.2, 0.25) is 0 Å². The van der Waals surface area contributed by atoms with Crippen molar-refractivity contribution < 1.29 is 22.7 Å². The molecule has 1 heterocycles. The third kappa shape index (κ3) is 4.22. The van der Waals surface area contributed by atoms with Crippen molar-refractivity contribution in [3.05, 3.63) is 41.3 Å². The zero-order chi connectivity index (χ0) is 16.2. The van der Waals surface area contributed by atoms with Crippen LogP contribution in [-0.4, -0.2) is 28.0 Å². The molecule has 2 rings (SSSR count). The monoisotopic (exact) mass is 341 g/mol. The summed E-state index contributed by atoms with van der Waals surface area (Å²) in [6, 6.07) is 9.82. The first-order valence-electron chi connectivity index (χ1n) is 6.29. The molecule has 1 amide bonds. The number of benzene rings is 1. The van der Waals surface area contributed by atoms with Gasteiger partial charge >= 0.3 is 0 Å². The molecule has 1 aromatic carbocycles. The minimum absolute atomic E-state index is 0.0970. The lowest BCUT2D eigenvalue weighted by Gasteiger charge is -2.08. The molecule has 0 bridgehead atoms. The van der Waals surface area contributed by atoms with Crippen LogP contribution in [0.1, 0.15) is 4.88 Å². The van der Waals surface area contributed by atoms with Crippen molar-refractivity contribution in [1.29, 1.82) is 0 Å². The van der Waals surface area contributed by atoms with E-state index in [0.29, 0.717) is 11.5 Å². The highest BCUT2D eigenvalue weighted by Gasteiger charge is 2.19. The van der Waals surface area contributed by atoms with Crippen molar-refractivity contribution >= 4 is 27.3 Å². The van der Waals surface area contributed by atoms with Crippen molar-refractivity contribution in [3.8, 4) is 11.5 Å². The van der Waals surface area contributed by atoms with E-state index in [1.165, 1.54) is 13.2 Å². The second kappa shape index (κ2) is 6.80. The molecule has 0 aliphatic heterocycles. The Kier molecular flexibility index (Phi) is 5.04. The number of hydrogen-bond donors (Lipinski definition) is 1. The zero-order valence-corrected chi connectivity index (χ0v) is 13.7. The third-order valence-corrected chi connectivity index (χ3v) is 5.51. The molecule has 2 aromatic rings. The predicted molar refractivity (Wildman–Crippen MR) is 82.9 cm³/mol. The average molecular weight is 341 g/mol. The minimum atomic E-state index is -3.84. The summed E-state index contributed by atoms with van der Waals surface area (Å²) in [6.45, 7) is 1.38. The van der Waals surface area contributed by atoms with E-state index in [0.717, 1.165) is 16.2 Å². The standard InChI is InChI=1S/C14H15NO5S2/c1-10-6-7-14(21-10)22(17,18)15-13(16)9-20-12-5-3-4-11(8-12)19-2/h3-8H,9H2,1-2H3,(H,15,16). The van der Waals surface area contributed by atoms with E-state index in [4.69, 9.17) is 9.47 Å². The van der Waals surface area contributed by atoms with Gasteiger partial charge in [0.1, 0.15) is 15.7 Å². The number of ether oxygens (including phenoxy) is 2. The zero-order valence-electron chi connectivity index (χ0n) is 12.0. The molecule has 1 N–H and O–H groups in total. The Balaban J connectivity index is 1.95. The topological polar surface area (TPSA) is 81.7 Å². The molecule has 6 nitrogen and oxygen atoms in total. The van der Waals surface area contributed by atoms with Crippen LogP contribution in [0.25, 0.3) is 0 Å². The van der Waals surface area contributed by atoms with Gasteiger partial charge in [-0.15, -0.1) is 11.3 Å². The highest BCUT2D eigenvalue weighted by atomic mass is 32.2. The molecule has 0 spiro atoms. The smallest absolute Gasteiger partial charge is 0.273 e. The number of amides is 1. The predicted octanol–water partition coefficient (Wildman–Crippen LogP) is 1.95. The molecule has 0 radical (unpaired) electrons. The van der Waals surface area contributed by atoms with Crippen LogP contribution in [-0.2, 0) is 14.8 Å². The minimum Gasteiger partial charge on any atom is -0.497 e.